The van der Waals surface area contributed by atoms with Crippen LogP contribution in [0.4, 0.5) is 11.4 Å². The average molecular weight is 266 g/mol. The number of fused-ring (bicyclic) bond motifs is 1. The molecule has 1 heterocycles. The topological polar surface area (TPSA) is 114 Å². The van der Waals surface area contributed by atoms with Gasteiger partial charge in [-0.2, -0.15) is 0 Å². The molecule has 2 rings (SSSR count). The van der Waals surface area contributed by atoms with E-state index in [9.17, 15) is 10.1 Å². The minimum Gasteiger partial charge on any atom is -0.396 e. The molecule has 0 radical (unpaired) electrons. The first-order valence-corrected chi connectivity index (χ1v) is 5.90. The number of hydrogen-bond acceptors (Lipinski definition) is 7. The summed E-state index contributed by atoms with van der Waals surface area (Å²) in [4.78, 5) is 10.3. The Bertz CT molecular complexity index is 583. The van der Waals surface area contributed by atoms with Crippen molar-refractivity contribution < 1.29 is 14.7 Å². The van der Waals surface area contributed by atoms with Gasteiger partial charge in [-0.15, -0.1) is 0 Å². The van der Waals surface area contributed by atoms with Gasteiger partial charge in [0.2, 0.25) is 5.52 Å². The van der Waals surface area contributed by atoms with E-state index in [0.29, 0.717) is 17.6 Å². The van der Waals surface area contributed by atoms with E-state index in [4.69, 9.17) is 5.11 Å². The lowest BCUT2D eigenvalue weighted by Gasteiger charge is -2.14. The number of aromatic nitrogens is 2. The zero-order valence-corrected chi connectivity index (χ0v) is 10.4. The SMILES string of the molecule is CC(CCCO)Nc1ccc([N+](=O)[O-])c2nonc12. The van der Waals surface area contributed by atoms with Gasteiger partial charge in [-0.05, 0) is 36.1 Å². The molecule has 1 unspecified atom stereocenters. The fourth-order valence-electron chi connectivity index (χ4n) is 1.85. The maximum absolute atomic E-state index is 10.8. The summed E-state index contributed by atoms with van der Waals surface area (Å²) in [6.07, 6.45) is 1.46. The normalized spacial score (nSPS) is 12.5. The Labute approximate surface area is 108 Å². The molecule has 0 aliphatic rings. The quantitative estimate of drug-likeness (QED) is 0.604. The maximum Gasteiger partial charge on any atom is 0.300 e. The number of nitro groups is 1. The van der Waals surface area contributed by atoms with Gasteiger partial charge in [0.05, 0.1) is 10.6 Å². The van der Waals surface area contributed by atoms with E-state index in [1.54, 1.807) is 6.07 Å². The van der Waals surface area contributed by atoms with Crippen LogP contribution in [0.15, 0.2) is 16.8 Å². The number of nitrogens with zero attached hydrogens (tertiary/aromatic N) is 3. The molecule has 0 aliphatic carbocycles. The predicted molar refractivity (Wildman–Crippen MR) is 67.9 cm³/mol. The molecule has 8 nitrogen and oxygen atoms in total. The van der Waals surface area contributed by atoms with Crippen molar-refractivity contribution in [1.82, 2.24) is 10.3 Å². The summed E-state index contributed by atoms with van der Waals surface area (Å²) in [7, 11) is 0. The highest BCUT2D eigenvalue weighted by atomic mass is 16.6. The lowest BCUT2D eigenvalue weighted by atomic mass is 10.1. The zero-order valence-electron chi connectivity index (χ0n) is 10.4. The highest BCUT2D eigenvalue weighted by Crippen LogP contribution is 2.29. The molecule has 2 aromatic rings. The number of hydrogen-bond donors (Lipinski definition) is 2. The lowest BCUT2D eigenvalue weighted by Crippen LogP contribution is -2.15. The summed E-state index contributed by atoms with van der Waals surface area (Å²) in [5, 5.41) is 30.0. The van der Waals surface area contributed by atoms with Crippen LogP contribution in [0.2, 0.25) is 0 Å². The molecule has 0 aliphatic heterocycles. The van der Waals surface area contributed by atoms with Crippen LogP contribution in [0.3, 0.4) is 0 Å². The van der Waals surface area contributed by atoms with E-state index in [1.165, 1.54) is 6.07 Å². The van der Waals surface area contributed by atoms with Crippen molar-refractivity contribution in [2.24, 2.45) is 0 Å². The zero-order chi connectivity index (χ0) is 13.8. The van der Waals surface area contributed by atoms with Gasteiger partial charge in [0.1, 0.15) is 0 Å². The van der Waals surface area contributed by atoms with E-state index >= 15 is 0 Å². The number of aliphatic hydroxyl groups excluding tert-OH is 1. The van der Waals surface area contributed by atoms with Crippen molar-refractivity contribution in [3.8, 4) is 0 Å². The summed E-state index contributed by atoms with van der Waals surface area (Å²) in [6, 6.07) is 3.06. The van der Waals surface area contributed by atoms with E-state index in [0.717, 1.165) is 6.42 Å². The molecule has 0 saturated heterocycles. The van der Waals surface area contributed by atoms with Gasteiger partial charge < -0.3 is 10.4 Å². The first-order chi connectivity index (χ1) is 9.13. The van der Waals surface area contributed by atoms with E-state index in [2.05, 4.69) is 20.3 Å². The lowest BCUT2D eigenvalue weighted by molar-refractivity contribution is -0.383. The van der Waals surface area contributed by atoms with Crippen LogP contribution < -0.4 is 5.32 Å². The average Bonchev–Trinajstić information content (AvgIpc) is 2.85. The van der Waals surface area contributed by atoms with Crippen molar-refractivity contribution in [3.63, 3.8) is 0 Å². The Morgan fingerprint density at radius 1 is 1.47 bits per heavy atom. The first kappa shape index (κ1) is 13.2. The molecular formula is C11H14N4O4. The van der Waals surface area contributed by atoms with Crippen molar-refractivity contribution in [3.05, 3.63) is 22.2 Å². The van der Waals surface area contributed by atoms with Crippen LogP contribution in [-0.4, -0.2) is 33.0 Å². The van der Waals surface area contributed by atoms with Crippen molar-refractivity contribution in [2.75, 3.05) is 11.9 Å². The summed E-state index contributed by atoms with van der Waals surface area (Å²) >= 11 is 0. The number of benzene rings is 1. The third-order valence-electron chi connectivity index (χ3n) is 2.79. The second kappa shape index (κ2) is 5.61. The highest BCUT2D eigenvalue weighted by molar-refractivity contribution is 5.93. The molecule has 0 spiro atoms. The molecule has 1 aromatic carbocycles. The van der Waals surface area contributed by atoms with Crippen LogP contribution in [0.5, 0.6) is 0 Å². The molecule has 1 aromatic heterocycles. The predicted octanol–water partition coefficient (Wildman–Crippen LogP) is 1.70. The van der Waals surface area contributed by atoms with Crippen molar-refractivity contribution >= 4 is 22.4 Å². The van der Waals surface area contributed by atoms with Gasteiger partial charge in [0.25, 0.3) is 0 Å². The van der Waals surface area contributed by atoms with Gasteiger partial charge in [-0.3, -0.25) is 10.1 Å². The van der Waals surface area contributed by atoms with Gasteiger partial charge in [-0.25, -0.2) is 4.63 Å². The number of rotatable bonds is 6. The summed E-state index contributed by atoms with van der Waals surface area (Å²) in [6.45, 7) is 2.09. The van der Waals surface area contributed by atoms with Crippen LogP contribution >= 0.6 is 0 Å². The van der Waals surface area contributed by atoms with Crippen LogP contribution in [0.1, 0.15) is 19.8 Å². The molecule has 19 heavy (non-hydrogen) atoms. The van der Waals surface area contributed by atoms with Gasteiger partial charge in [0.15, 0.2) is 5.52 Å². The fraction of sp³-hybridized carbons (Fsp3) is 0.455. The monoisotopic (exact) mass is 266 g/mol. The third-order valence-corrected chi connectivity index (χ3v) is 2.79. The largest absolute Gasteiger partial charge is 0.396 e. The standard InChI is InChI=1S/C11H14N4O4/c1-7(3-2-6-16)12-8-4-5-9(15(17)18)11-10(8)13-19-14-11/h4-5,7,12,16H,2-3,6H2,1H3. The van der Waals surface area contributed by atoms with Gasteiger partial charge in [-0.1, -0.05) is 0 Å². The minimum atomic E-state index is -0.522. The first-order valence-electron chi connectivity index (χ1n) is 5.90. The number of nitro benzene ring substituents is 1. The number of aliphatic hydroxyl groups is 1. The smallest absolute Gasteiger partial charge is 0.300 e. The summed E-state index contributed by atoms with van der Waals surface area (Å²) in [5.74, 6) is 0. The number of nitrogens with one attached hydrogen (secondary N) is 1. The molecule has 0 amide bonds. The van der Waals surface area contributed by atoms with E-state index < -0.39 is 4.92 Å². The molecular weight excluding hydrogens is 252 g/mol. The molecule has 0 bridgehead atoms. The molecule has 2 N–H and O–H groups in total. The van der Waals surface area contributed by atoms with Crippen LogP contribution in [0.25, 0.3) is 11.0 Å². The number of anilines is 1. The van der Waals surface area contributed by atoms with Crippen LogP contribution in [-0.2, 0) is 0 Å². The summed E-state index contributed by atoms with van der Waals surface area (Å²) in [5.41, 5.74) is 0.964. The molecule has 1 atom stereocenters. The van der Waals surface area contributed by atoms with Gasteiger partial charge >= 0.3 is 5.69 Å². The number of non-ortho nitro benzene ring substituents is 1. The second-order valence-corrected chi connectivity index (χ2v) is 4.26. The minimum absolute atomic E-state index is 0.105. The molecule has 102 valence electrons. The Morgan fingerprint density at radius 2 is 2.21 bits per heavy atom. The van der Waals surface area contributed by atoms with Gasteiger partial charge in [0, 0.05) is 18.7 Å². The summed E-state index contributed by atoms with van der Waals surface area (Å²) < 4.78 is 4.57. The Morgan fingerprint density at radius 3 is 2.89 bits per heavy atom. The Balaban J connectivity index is 2.27. The maximum atomic E-state index is 10.8. The van der Waals surface area contributed by atoms with Crippen molar-refractivity contribution in [1.29, 1.82) is 0 Å². The van der Waals surface area contributed by atoms with Crippen LogP contribution in [0, 0.1) is 10.1 Å². The van der Waals surface area contributed by atoms with Crippen molar-refractivity contribution in [2.45, 2.75) is 25.8 Å². The highest BCUT2D eigenvalue weighted by Gasteiger charge is 2.20. The molecule has 0 fully saturated rings. The molecule has 0 saturated carbocycles. The Kier molecular flexibility index (Phi) is 3.91. The van der Waals surface area contributed by atoms with E-state index in [1.807, 2.05) is 6.92 Å². The third kappa shape index (κ3) is 2.79. The molecule has 8 heteroatoms. The second-order valence-electron chi connectivity index (χ2n) is 4.26. The Hall–Kier alpha value is -2.22. The fourth-order valence-corrected chi connectivity index (χ4v) is 1.85. The van der Waals surface area contributed by atoms with E-state index in [-0.39, 0.29) is 23.9 Å².